The van der Waals surface area contributed by atoms with Crippen LogP contribution in [-0.2, 0) is 13.1 Å². The van der Waals surface area contributed by atoms with Crippen LogP contribution in [0.4, 0.5) is 11.9 Å². The van der Waals surface area contributed by atoms with Gasteiger partial charge in [0, 0.05) is 35.4 Å². The first kappa shape index (κ1) is 15.1. The molecule has 2 aromatic heterocycles. The summed E-state index contributed by atoms with van der Waals surface area (Å²) in [7, 11) is 5.79. The van der Waals surface area contributed by atoms with Crippen LogP contribution in [-0.4, -0.2) is 41.0 Å². The van der Waals surface area contributed by atoms with Crippen molar-refractivity contribution < 1.29 is 0 Å². The maximum Gasteiger partial charge on any atom is 0.229 e. The van der Waals surface area contributed by atoms with Crippen LogP contribution in [0.5, 0.6) is 0 Å². The molecule has 0 fully saturated rings. The van der Waals surface area contributed by atoms with Gasteiger partial charge in [-0.1, -0.05) is 0 Å². The zero-order valence-corrected chi connectivity index (χ0v) is 14.1. The third-order valence-electron chi connectivity index (χ3n) is 2.55. The molecule has 2 heterocycles. The van der Waals surface area contributed by atoms with E-state index in [2.05, 4.69) is 47.2 Å². The maximum absolute atomic E-state index is 5.72. The van der Waals surface area contributed by atoms with E-state index >= 15 is 0 Å². The second kappa shape index (κ2) is 6.47. The van der Waals surface area contributed by atoms with Crippen LogP contribution < -0.4 is 10.6 Å². The molecule has 0 saturated heterocycles. The molecule has 0 aliphatic rings. The molecule has 0 spiro atoms. The fourth-order valence-corrected chi connectivity index (χ4v) is 3.23. The molecule has 2 aromatic rings. The molecule has 0 atom stereocenters. The molecule has 2 rings (SSSR count). The molecule has 0 aliphatic carbocycles. The fraction of sp³-hybridized carbons (Fsp3) is 0.417. The van der Waals surface area contributed by atoms with Crippen molar-refractivity contribution in [2.45, 2.75) is 13.1 Å². The van der Waals surface area contributed by atoms with E-state index in [0.29, 0.717) is 18.3 Å². The third kappa shape index (κ3) is 4.12. The second-order valence-electron chi connectivity index (χ2n) is 4.71. The van der Waals surface area contributed by atoms with Gasteiger partial charge in [0.1, 0.15) is 5.82 Å². The second-order valence-corrected chi connectivity index (χ2v) is 6.62. The number of thiophene rings is 1. The van der Waals surface area contributed by atoms with Crippen molar-refractivity contribution in [3.05, 3.63) is 26.6 Å². The molecule has 0 radical (unpaired) electrons. The Bertz CT molecular complexity index is 585. The van der Waals surface area contributed by atoms with Gasteiger partial charge in [0.05, 0.1) is 6.54 Å². The fourth-order valence-electron chi connectivity index (χ4n) is 1.70. The molecule has 6 nitrogen and oxygen atoms in total. The van der Waals surface area contributed by atoms with E-state index in [1.54, 1.807) is 11.3 Å². The van der Waals surface area contributed by atoms with Crippen molar-refractivity contribution in [1.29, 1.82) is 0 Å². The average Bonchev–Trinajstić information content (AvgIpc) is 2.73. The summed E-state index contributed by atoms with van der Waals surface area (Å²) < 4.78 is 1.12. The van der Waals surface area contributed by atoms with Gasteiger partial charge < -0.3 is 10.6 Å². The quantitative estimate of drug-likeness (QED) is 0.882. The first-order valence-corrected chi connectivity index (χ1v) is 7.70. The molecule has 20 heavy (non-hydrogen) atoms. The Morgan fingerprint density at radius 3 is 2.55 bits per heavy atom. The highest BCUT2D eigenvalue weighted by molar-refractivity contribution is 9.10. The van der Waals surface area contributed by atoms with Crippen molar-refractivity contribution in [3.8, 4) is 0 Å². The number of nitrogens with zero attached hydrogens (tertiary/aromatic N) is 5. The number of anilines is 2. The molecule has 0 aliphatic heterocycles. The van der Waals surface area contributed by atoms with E-state index in [1.807, 2.05) is 26.0 Å². The maximum atomic E-state index is 5.72. The Labute approximate surface area is 130 Å². The van der Waals surface area contributed by atoms with E-state index in [-0.39, 0.29) is 5.95 Å². The van der Waals surface area contributed by atoms with E-state index in [1.165, 1.54) is 4.88 Å². The van der Waals surface area contributed by atoms with Gasteiger partial charge >= 0.3 is 0 Å². The summed E-state index contributed by atoms with van der Waals surface area (Å²) in [4.78, 5) is 17.9. The van der Waals surface area contributed by atoms with Crippen molar-refractivity contribution in [2.75, 3.05) is 31.8 Å². The lowest BCUT2D eigenvalue weighted by molar-refractivity contribution is 0.313. The monoisotopic (exact) mass is 356 g/mol. The minimum Gasteiger partial charge on any atom is -0.368 e. The molecular weight excluding hydrogens is 340 g/mol. The minimum absolute atomic E-state index is 0.256. The number of rotatable bonds is 5. The van der Waals surface area contributed by atoms with Crippen molar-refractivity contribution in [1.82, 2.24) is 19.9 Å². The number of nitrogens with two attached hydrogens (primary N) is 1. The summed E-state index contributed by atoms with van der Waals surface area (Å²) in [5, 5.41) is 2.08. The summed E-state index contributed by atoms with van der Waals surface area (Å²) in [6.07, 6.45) is 0. The smallest absolute Gasteiger partial charge is 0.229 e. The highest BCUT2D eigenvalue weighted by Gasteiger charge is 2.10. The van der Waals surface area contributed by atoms with Gasteiger partial charge in [-0.2, -0.15) is 15.0 Å². The Morgan fingerprint density at radius 1 is 1.20 bits per heavy atom. The van der Waals surface area contributed by atoms with Gasteiger partial charge in [0.25, 0.3) is 0 Å². The van der Waals surface area contributed by atoms with Crippen LogP contribution in [0.2, 0.25) is 0 Å². The van der Waals surface area contributed by atoms with Gasteiger partial charge in [-0.05, 0) is 29.0 Å². The van der Waals surface area contributed by atoms with Gasteiger partial charge in [-0.15, -0.1) is 11.3 Å². The highest BCUT2D eigenvalue weighted by Crippen LogP contribution is 2.21. The number of hydrogen-bond donors (Lipinski definition) is 1. The predicted octanol–water partition coefficient (Wildman–Crippen LogP) is 1.98. The summed E-state index contributed by atoms with van der Waals surface area (Å²) in [6, 6.07) is 2.12. The first-order valence-electron chi connectivity index (χ1n) is 6.03. The summed E-state index contributed by atoms with van der Waals surface area (Å²) in [6.45, 7) is 1.47. The van der Waals surface area contributed by atoms with E-state index < -0.39 is 0 Å². The summed E-state index contributed by atoms with van der Waals surface area (Å²) in [5.41, 5.74) is 5.72. The molecular formula is C12H17BrN6S. The molecule has 0 amide bonds. The zero-order chi connectivity index (χ0) is 14.7. The van der Waals surface area contributed by atoms with Crippen LogP contribution in [0.15, 0.2) is 15.9 Å². The SMILES string of the molecule is CN(Cc1nc(N)nc(N(C)C)n1)Cc1cc(Br)cs1. The van der Waals surface area contributed by atoms with Gasteiger partial charge in [-0.25, -0.2) is 0 Å². The summed E-state index contributed by atoms with van der Waals surface area (Å²) in [5.74, 6) is 1.52. The van der Waals surface area contributed by atoms with Crippen LogP contribution in [0.25, 0.3) is 0 Å². The normalized spacial score (nSPS) is 11.1. The molecule has 0 bridgehead atoms. The van der Waals surface area contributed by atoms with Crippen molar-refractivity contribution in [2.24, 2.45) is 0 Å². The Hall–Kier alpha value is -1.25. The largest absolute Gasteiger partial charge is 0.368 e. The van der Waals surface area contributed by atoms with Crippen LogP contribution in [0, 0.1) is 0 Å². The molecule has 8 heteroatoms. The molecule has 108 valence electrons. The third-order valence-corrected chi connectivity index (χ3v) is 4.23. The van der Waals surface area contributed by atoms with Crippen molar-refractivity contribution >= 4 is 39.2 Å². The standard InChI is InChI=1S/C12H17BrN6S/c1-18(2)12-16-10(15-11(14)17-12)6-19(3)5-9-4-8(13)7-20-9/h4,7H,5-6H2,1-3H3,(H2,14,15,16,17). The number of nitrogen functional groups attached to an aromatic ring is 1. The van der Waals surface area contributed by atoms with Crippen molar-refractivity contribution in [3.63, 3.8) is 0 Å². The Balaban J connectivity index is 2.05. The van der Waals surface area contributed by atoms with Crippen LogP contribution in [0.3, 0.4) is 0 Å². The molecule has 0 aromatic carbocycles. The minimum atomic E-state index is 0.256. The van der Waals surface area contributed by atoms with E-state index in [9.17, 15) is 0 Å². The predicted molar refractivity (Wildman–Crippen MR) is 85.8 cm³/mol. The number of hydrogen-bond acceptors (Lipinski definition) is 7. The highest BCUT2D eigenvalue weighted by atomic mass is 79.9. The van der Waals surface area contributed by atoms with Gasteiger partial charge in [0.2, 0.25) is 11.9 Å². The lowest BCUT2D eigenvalue weighted by Gasteiger charge is -2.16. The first-order chi connectivity index (χ1) is 9.44. The lowest BCUT2D eigenvalue weighted by Crippen LogP contribution is -2.21. The van der Waals surface area contributed by atoms with Gasteiger partial charge in [-0.3, -0.25) is 4.90 Å². The van der Waals surface area contributed by atoms with E-state index in [0.717, 1.165) is 11.0 Å². The number of halogens is 1. The summed E-state index contributed by atoms with van der Waals surface area (Å²) >= 11 is 5.19. The molecule has 0 saturated carbocycles. The van der Waals surface area contributed by atoms with E-state index in [4.69, 9.17) is 5.73 Å². The number of aromatic nitrogens is 3. The lowest BCUT2D eigenvalue weighted by atomic mass is 10.4. The average molecular weight is 357 g/mol. The topological polar surface area (TPSA) is 71.2 Å². The van der Waals surface area contributed by atoms with Crippen LogP contribution in [0.1, 0.15) is 10.7 Å². The molecule has 0 unspecified atom stereocenters. The van der Waals surface area contributed by atoms with Gasteiger partial charge in [0.15, 0.2) is 0 Å². The Morgan fingerprint density at radius 2 is 1.95 bits per heavy atom. The van der Waals surface area contributed by atoms with Crippen LogP contribution >= 0.6 is 27.3 Å². The molecule has 2 N–H and O–H groups in total. The zero-order valence-electron chi connectivity index (χ0n) is 11.7. The Kier molecular flexibility index (Phi) is 4.90.